The topological polar surface area (TPSA) is 87.6 Å². The lowest BCUT2D eigenvalue weighted by atomic mass is 10.2. The molecule has 7 heteroatoms. The third-order valence-corrected chi connectivity index (χ3v) is 2.96. The molecule has 0 saturated heterocycles. The predicted octanol–water partition coefficient (Wildman–Crippen LogP) is 3.20. The van der Waals surface area contributed by atoms with Gasteiger partial charge in [0.2, 0.25) is 5.95 Å². The zero-order valence-electron chi connectivity index (χ0n) is 8.98. The summed E-state index contributed by atoms with van der Waals surface area (Å²) in [5.74, 6) is 0.677. The molecule has 2 rings (SSSR count). The van der Waals surface area contributed by atoms with Gasteiger partial charge in [-0.25, -0.2) is 4.98 Å². The van der Waals surface area contributed by atoms with Crippen molar-refractivity contribution in [3.63, 3.8) is 0 Å². The maximum Gasteiger partial charge on any atom is 0.230 e. The van der Waals surface area contributed by atoms with E-state index < -0.39 is 0 Å². The number of anilines is 3. The van der Waals surface area contributed by atoms with Gasteiger partial charge in [0.25, 0.3) is 0 Å². The highest BCUT2D eigenvalue weighted by atomic mass is 79.9. The van der Waals surface area contributed by atoms with Crippen molar-refractivity contribution in [1.82, 2.24) is 9.97 Å². The highest BCUT2D eigenvalue weighted by Crippen LogP contribution is 2.23. The maximum absolute atomic E-state index is 9.04. The van der Waals surface area contributed by atoms with Gasteiger partial charge in [-0.1, -0.05) is 15.9 Å². The van der Waals surface area contributed by atoms with Crippen molar-refractivity contribution in [2.45, 2.75) is 0 Å². The number of nitrogens with one attached hydrogen (secondary N) is 1. The number of nitriles is 1. The Morgan fingerprint density at radius 1 is 1.22 bits per heavy atom. The third kappa shape index (κ3) is 2.97. The van der Waals surface area contributed by atoms with Gasteiger partial charge in [-0.3, -0.25) is 0 Å². The van der Waals surface area contributed by atoms with E-state index >= 15 is 0 Å². The van der Waals surface area contributed by atoms with E-state index in [2.05, 4.69) is 53.2 Å². The molecule has 18 heavy (non-hydrogen) atoms. The normalized spacial score (nSPS) is 9.83. The van der Waals surface area contributed by atoms with Crippen LogP contribution in [0.1, 0.15) is 5.56 Å². The molecule has 0 fully saturated rings. The molecule has 5 nitrogen and oxygen atoms in total. The molecule has 0 unspecified atom stereocenters. The van der Waals surface area contributed by atoms with Crippen LogP contribution in [0, 0.1) is 11.3 Å². The first-order valence-corrected chi connectivity index (χ1v) is 6.44. The van der Waals surface area contributed by atoms with Crippen LogP contribution in [0.15, 0.2) is 33.3 Å². The summed E-state index contributed by atoms with van der Waals surface area (Å²) in [5.41, 5.74) is 6.73. The van der Waals surface area contributed by atoms with Crippen molar-refractivity contribution in [1.29, 1.82) is 5.26 Å². The fourth-order valence-corrected chi connectivity index (χ4v) is 2.09. The number of rotatable bonds is 2. The first kappa shape index (κ1) is 12.8. The van der Waals surface area contributed by atoms with Gasteiger partial charge in [-0.05, 0) is 34.1 Å². The first-order valence-electron chi connectivity index (χ1n) is 4.85. The van der Waals surface area contributed by atoms with E-state index in [1.807, 2.05) is 6.07 Å². The molecule has 0 spiro atoms. The molecule has 90 valence electrons. The minimum Gasteiger partial charge on any atom is -0.383 e. The molecule has 0 aliphatic rings. The Hall–Kier alpha value is -1.65. The van der Waals surface area contributed by atoms with Crippen molar-refractivity contribution in [3.05, 3.63) is 38.9 Å². The number of halogens is 2. The van der Waals surface area contributed by atoms with Crippen LogP contribution in [0.4, 0.5) is 17.5 Å². The van der Waals surface area contributed by atoms with E-state index in [1.54, 1.807) is 18.2 Å². The maximum atomic E-state index is 9.04. The first-order chi connectivity index (χ1) is 8.58. The van der Waals surface area contributed by atoms with Gasteiger partial charge in [0.05, 0.1) is 11.3 Å². The monoisotopic (exact) mass is 367 g/mol. The molecular formula is C11H7Br2N5. The van der Waals surface area contributed by atoms with Crippen LogP contribution in [-0.4, -0.2) is 9.97 Å². The largest absolute Gasteiger partial charge is 0.383 e. The summed E-state index contributed by atoms with van der Waals surface area (Å²) in [7, 11) is 0. The molecule has 0 radical (unpaired) electrons. The SMILES string of the molecule is N#Cc1cc(Br)ccc1Nc1nc(N)cc(Br)n1. The number of nitrogen functional groups attached to an aromatic ring is 1. The lowest BCUT2D eigenvalue weighted by molar-refractivity contribution is 1.15. The minimum atomic E-state index is 0.334. The second-order valence-corrected chi connectivity index (χ2v) is 5.09. The van der Waals surface area contributed by atoms with Crippen LogP contribution in [0.3, 0.4) is 0 Å². The van der Waals surface area contributed by atoms with Gasteiger partial charge < -0.3 is 11.1 Å². The molecule has 3 N–H and O–H groups in total. The molecule has 0 atom stereocenters. The number of nitrogens with two attached hydrogens (primary N) is 1. The summed E-state index contributed by atoms with van der Waals surface area (Å²) in [6, 6.07) is 8.99. The van der Waals surface area contributed by atoms with Crippen molar-refractivity contribution in [2.75, 3.05) is 11.1 Å². The number of nitrogens with zero attached hydrogens (tertiary/aromatic N) is 3. The fraction of sp³-hybridized carbons (Fsp3) is 0. The number of aromatic nitrogens is 2. The molecule has 1 aromatic carbocycles. The Kier molecular flexibility index (Phi) is 3.79. The van der Waals surface area contributed by atoms with Gasteiger partial charge in [0, 0.05) is 10.5 Å². The standard InChI is InChI=1S/C11H7Br2N5/c12-7-1-2-8(6(3-7)5-14)16-11-17-9(13)4-10(15)18-11/h1-4H,(H3,15,16,17,18). The van der Waals surface area contributed by atoms with E-state index in [0.717, 1.165) is 4.47 Å². The highest BCUT2D eigenvalue weighted by Gasteiger charge is 2.06. The van der Waals surface area contributed by atoms with Gasteiger partial charge in [0.15, 0.2) is 0 Å². The molecule has 0 aliphatic heterocycles. The van der Waals surface area contributed by atoms with Crippen molar-refractivity contribution < 1.29 is 0 Å². The quantitative estimate of drug-likeness (QED) is 0.794. The number of hydrogen-bond acceptors (Lipinski definition) is 5. The van der Waals surface area contributed by atoms with E-state index in [-0.39, 0.29) is 0 Å². The van der Waals surface area contributed by atoms with E-state index in [4.69, 9.17) is 11.0 Å². The highest BCUT2D eigenvalue weighted by molar-refractivity contribution is 9.10. The molecule has 0 aliphatic carbocycles. The Bertz CT molecular complexity index is 616. The fourth-order valence-electron chi connectivity index (χ4n) is 1.33. The summed E-state index contributed by atoms with van der Waals surface area (Å²) in [6.07, 6.45) is 0. The Balaban J connectivity index is 2.37. The zero-order valence-corrected chi connectivity index (χ0v) is 12.2. The zero-order chi connectivity index (χ0) is 13.1. The molecule has 0 amide bonds. The molecule has 0 saturated carbocycles. The van der Waals surface area contributed by atoms with E-state index in [9.17, 15) is 0 Å². The average molecular weight is 369 g/mol. The molecular weight excluding hydrogens is 362 g/mol. The number of hydrogen-bond donors (Lipinski definition) is 2. The third-order valence-electron chi connectivity index (χ3n) is 2.06. The molecule has 1 aromatic heterocycles. The van der Waals surface area contributed by atoms with Crippen LogP contribution >= 0.6 is 31.9 Å². The smallest absolute Gasteiger partial charge is 0.230 e. The van der Waals surface area contributed by atoms with Gasteiger partial charge in [-0.15, -0.1) is 0 Å². The van der Waals surface area contributed by atoms with Crippen LogP contribution in [0.5, 0.6) is 0 Å². The second kappa shape index (κ2) is 5.33. The van der Waals surface area contributed by atoms with Crippen LogP contribution in [0.2, 0.25) is 0 Å². The lowest BCUT2D eigenvalue weighted by Crippen LogP contribution is -2.01. The lowest BCUT2D eigenvalue weighted by Gasteiger charge is -2.07. The predicted molar refractivity (Wildman–Crippen MR) is 76.3 cm³/mol. The van der Waals surface area contributed by atoms with Crippen LogP contribution in [-0.2, 0) is 0 Å². The summed E-state index contributed by atoms with van der Waals surface area (Å²) in [4.78, 5) is 8.15. The van der Waals surface area contributed by atoms with Crippen LogP contribution in [0.25, 0.3) is 0 Å². The minimum absolute atomic E-state index is 0.334. The molecule has 0 bridgehead atoms. The molecule has 2 aromatic rings. The summed E-state index contributed by atoms with van der Waals surface area (Å²) in [6.45, 7) is 0. The van der Waals surface area contributed by atoms with Crippen LogP contribution < -0.4 is 11.1 Å². The average Bonchev–Trinajstić information content (AvgIpc) is 2.30. The van der Waals surface area contributed by atoms with Gasteiger partial charge in [0.1, 0.15) is 16.5 Å². The van der Waals surface area contributed by atoms with Crippen molar-refractivity contribution in [2.24, 2.45) is 0 Å². The molecule has 1 heterocycles. The Morgan fingerprint density at radius 2 is 2.00 bits per heavy atom. The summed E-state index contributed by atoms with van der Waals surface area (Å²) >= 11 is 6.54. The summed E-state index contributed by atoms with van der Waals surface area (Å²) in [5, 5.41) is 12.0. The Labute approximate surface area is 120 Å². The van der Waals surface area contributed by atoms with E-state index in [0.29, 0.717) is 27.6 Å². The Morgan fingerprint density at radius 3 is 2.67 bits per heavy atom. The van der Waals surface area contributed by atoms with Gasteiger partial charge in [-0.2, -0.15) is 10.2 Å². The van der Waals surface area contributed by atoms with Gasteiger partial charge >= 0.3 is 0 Å². The van der Waals surface area contributed by atoms with Crippen molar-refractivity contribution in [3.8, 4) is 6.07 Å². The van der Waals surface area contributed by atoms with Crippen molar-refractivity contribution >= 4 is 49.3 Å². The number of benzene rings is 1. The van der Waals surface area contributed by atoms with E-state index in [1.165, 1.54) is 0 Å². The summed E-state index contributed by atoms with van der Waals surface area (Å²) < 4.78 is 1.41. The second-order valence-electron chi connectivity index (χ2n) is 3.37.